The van der Waals surface area contributed by atoms with Crippen LogP contribution in [0.4, 0.5) is 4.79 Å². The van der Waals surface area contributed by atoms with Gasteiger partial charge in [-0.05, 0) is 69.1 Å². The summed E-state index contributed by atoms with van der Waals surface area (Å²) in [5.41, 5.74) is -0.0112. The van der Waals surface area contributed by atoms with Crippen LogP contribution in [0.1, 0.15) is 76.9 Å². The summed E-state index contributed by atoms with van der Waals surface area (Å²) in [5.74, 6) is 1.45. The normalized spacial score (nSPS) is 21.8. The van der Waals surface area contributed by atoms with Gasteiger partial charge in [-0.25, -0.2) is 9.78 Å². The molecular weight excluding hydrogens is 633 g/mol. The van der Waals surface area contributed by atoms with Crippen LogP contribution in [0.3, 0.4) is 0 Å². The van der Waals surface area contributed by atoms with Gasteiger partial charge in [0.05, 0.1) is 18.2 Å². The molecule has 0 radical (unpaired) electrons. The lowest BCUT2D eigenvalue weighted by Gasteiger charge is -2.47. The number of amides is 2. The smallest absolute Gasteiger partial charge is 0.326 e. The van der Waals surface area contributed by atoms with Crippen LogP contribution >= 0.6 is 23.2 Å². The van der Waals surface area contributed by atoms with Gasteiger partial charge >= 0.3 is 6.03 Å². The molecule has 5 rings (SSSR count). The third kappa shape index (κ3) is 6.69. The fraction of sp³-hybridized carbons (Fsp3) is 0.472. The number of carbonyl (C=O) groups is 1. The number of rotatable bonds is 8. The van der Waals surface area contributed by atoms with Crippen molar-refractivity contribution in [1.29, 1.82) is 5.26 Å². The second kappa shape index (κ2) is 13.8. The Morgan fingerprint density at radius 3 is 2.13 bits per heavy atom. The van der Waals surface area contributed by atoms with Gasteiger partial charge in [0.25, 0.3) is 0 Å². The van der Waals surface area contributed by atoms with Crippen molar-refractivity contribution in [2.24, 2.45) is 4.99 Å². The third-order valence-corrected chi connectivity index (χ3v) is 9.80. The Labute approximate surface area is 288 Å². The number of nitriles is 1. The first-order valence-electron chi connectivity index (χ1n) is 16.1. The van der Waals surface area contributed by atoms with Crippen molar-refractivity contribution in [3.05, 3.63) is 87.3 Å². The molecule has 0 N–H and O–H groups in total. The summed E-state index contributed by atoms with van der Waals surface area (Å²) in [4.78, 5) is 36.2. The molecule has 2 unspecified atom stereocenters. The van der Waals surface area contributed by atoms with Gasteiger partial charge in [-0.2, -0.15) is 10.2 Å². The molecule has 0 saturated carbocycles. The highest BCUT2D eigenvalue weighted by Crippen LogP contribution is 2.54. The lowest BCUT2D eigenvalue weighted by atomic mass is 9.71. The van der Waals surface area contributed by atoms with Crippen LogP contribution in [0.2, 0.25) is 10.0 Å². The highest BCUT2D eigenvalue weighted by molar-refractivity contribution is 6.30. The van der Waals surface area contributed by atoms with Crippen LogP contribution in [-0.2, 0) is 16.5 Å². The molecule has 2 aromatic carbocycles. The molecular formula is C36H43Cl2N7O2. The number of carbonyl (C=O) groups excluding carboxylic acids is 1. The molecule has 1 aromatic heterocycles. The minimum atomic E-state index is -1.02. The highest BCUT2D eigenvalue weighted by atomic mass is 35.5. The zero-order valence-electron chi connectivity index (χ0n) is 28.1. The van der Waals surface area contributed by atoms with Crippen LogP contribution in [0, 0.1) is 11.3 Å². The van der Waals surface area contributed by atoms with Crippen LogP contribution < -0.4 is 4.74 Å². The van der Waals surface area contributed by atoms with Gasteiger partial charge in [0.15, 0.2) is 0 Å². The summed E-state index contributed by atoms with van der Waals surface area (Å²) < 4.78 is 6.15. The SMILES string of the molecule is CCOc1nc(C(C)(C)C)ncc1C1=NC(C)(c2ccc(Cl)cc2)C(C)(c2ccc(Cl)cc2)N1C(=O)N1CCN(CCCC#N)CC1. The Hall–Kier alpha value is -3.71. The van der Waals surface area contributed by atoms with Gasteiger partial charge in [0.1, 0.15) is 22.7 Å². The van der Waals surface area contributed by atoms with Crippen molar-refractivity contribution in [2.75, 3.05) is 39.3 Å². The van der Waals surface area contributed by atoms with Gasteiger partial charge in [-0.3, -0.25) is 14.8 Å². The highest BCUT2D eigenvalue weighted by Gasteiger charge is 2.60. The van der Waals surface area contributed by atoms with Crippen molar-refractivity contribution in [3.63, 3.8) is 0 Å². The molecule has 0 spiro atoms. The van der Waals surface area contributed by atoms with E-state index in [4.69, 9.17) is 48.2 Å². The van der Waals surface area contributed by atoms with E-state index < -0.39 is 11.1 Å². The Morgan fingerprint density at radius 1 is 0.979 bits per heavy atom. The molecule has 248 valence electrons. The molecule has 3 heterocycles. The van der Waals surface area contributed by atoms with Gasteiger partial charge in [0, 0.05) is 54.3 Å². The zero-order chi connectivity index (χ0) is 34.0. The van der Waals surface area contributed by atoms with Crippen LogP contribution in [-0.4, -0.2) is 75.9 Å². The molecule has 1 saturated heterocycles. The predicted molar refractivity (Wildman–Crippen MR) is 186 cm³/mol. The number of amidine groups is 1. The van der Waals surface area contributed by atoms with E-state index in [1.807, 2.05) is 65.3 Å². The van der Waals surface area contributed by atoms with Gasteiger partial charge in [-0.1, -0.05) is 68.2 Å². The van der Waals surface area contributed by atoms with Crippen molar-refractivity contribution in [3.8, 4) is 11.9 Å². The monoisotopic (exact) mass is 675 g/mol. The number of nitrogens with zero attached hydrogens (tertiary/aromatic N) is 7. The average molecular weight is 677 g/mol. The number of halogens is 2. The molecule has 2 aliphatic heterocycles. The molecule has 11 heteroatoms. The molecule has 2 atom stereocenters. The predicted octanol–water partition coefficient (Wildman–Crippen LogP) is 7.41. The number of aromatic nitrogens is 2. The number of hydrogen-bond acceptors (Lipinski definition) is 7. The molecule has 47 heavy (non-hydrogen) atoms. The van der Waals surface area contributed by atoms with Gasteiger partial charge < -0.3 is 9.64 Å². The summed E-state index contributed by atoms with van der Waals surface area (Å²) in [6.45, 7) is 15.9. The molecule has 9 nitrogen and oxygen atoms in total. The zero-order valence-corrected chi connectivity index (χ0v) is 29.6. The molecule has 2 amide bonds. The Balaban J connectivity index is 1.69. The number of benzene rings is 2. The fourth-order valence-electron chi connectivity index (χ4n) is 6.38. The standard InChI is InChI=1S/C36H43Cl2N7O2/c1-7-47-31-29(24-40-32(41-31)34(2,3)4)30-42-35(5,25-10-14-27(37)15-11-25)36(6,26-12-16-28(38)17-13-26)45(30)33(46)44-22-20-43(21-23-44)19-9-8-18-39/h10-17,24H,7-9,19-23H2,1-6H3. The van der Waals surface area contributed by atoms with Crippen LogP contribution in [0.5, 0.6) is 5.88 Å². The number of ether oxygens (including phenoxy) is 1. The summed E-state index contributed by atoms with van der Waals surface area (Å²) in [6.07, 6.45) is 3.07. The minimum Gasteiger partial charge on any atom is -0.477 e. The van der Waals surface area contributed by atoms with E-state index in [0.29, 0.717) is 59.3 Å². The van der Waals surface area contributed by atoms with E-state index in [0.717, 1.165) is 37.2 Å². The van der Waals surface area contributed by atoms with E-state index in [2.05, 4.69) is 45.6 Å². The van der Waals surface area contributed by atoms with E-state index in [-0.39, 0.29) is 11.4 Å². The molecule has 2 aliphatic rings. The Morgan fingerprint density at radius 2 is 1.57 bits per heavy atom. The maximum absolute atomic E-state index is 15.1. The maximum atomic E-state index is 15.1. The van der Waals surface area contributed by atoms with Crippen molar-refractivity contribution < 1.29 is 9.53 Å². The first-order valence-corrected chi connectivity index (χ1v) is 16.9. The molecule has 1 fully saturated rings. The number of aliphatic imine (C=N–C) groups is 1. The first kappa shape index (κ1) is 34.6. The second-order valence-corrected chi connectivity index (χ2v) is 14.3. The van der Waals surface area contributed by atoms with Crippen LogP contribution in [0.25, 0.3) is 0 Å². The topological polar surface area (TPSA) is 97.9 Å². The Bertz CT molecular complexity index is 1660. The number of piperazine rings is 1. The minimum absolute atomic E-state index is 0.169. The lowest BCUT2D eigenvalue weighted by molar-refractivity contribution is 0.0865. The van der Waals surface area contributed by atoms with Crippen molar-refractivity contribution in [2.45, 2.75) is 70.9 Å². The van der Waals surface area contributed by atoms with E-state index in [1.165, 1.54) is 0 Å². The van der Waals surface area contributed by atoms with Gasteiger partial charge in [0.2, 0.25) is 5.88 Å². The summed E-state index contributed by atoms with van der Waals surface area (Å²) in [6, 6.07) is 17.3. The van der Waals surface area contributed by atoms with E-state index in [9.17, 15) is 0 Å². The second-order valence-electron chi connectivity index (χ2n) is 13.4. The maximum Gasteiger partial charge on any atom is 0.326 e. The molecule has 3 aromatic rings. The van der Waals surface area contributed by atoms with Crippen molar-refractivity contribution >= 4 is 35.1 Å². The number of hydrogen-bond donors (Lipinski definition) is 0. The first-order chi connectivity index (χ1) is 22.3. The lowest BCUT2D eigenvalue weighted by Crippen LogP contribution is -2.60. The summed E-state index contributed by atoms with van der Waals surface area (Å²) in [7, 11) is 0. The van der Waals surface area contributed by atoms with Crippen LogP contribution in [0.15, 0.2) is 59.7 Å². The Kier molecular flexibility index (Phi) is 10.2. The average Bonchev–Trinajstić information content (AvgIpc) is 3.29. The van der Waals surface area contributed by atoms with E-state index in [1.54, 1.807) is 6.20 Å². The number of unbranched alkanes of at least 4 members (excludes halogenated alkanes) is 1. The fourth-order valence-corrected chi connectivity index (χ4v) is 6.63. The van der Waals surface area contributed by atoms with E-state index >= 15 is 4.79 Å². The largest absolute Gasteiger partial charge is 0.477 e. The number of urea groups is 1. The quantitative estimate of drug-likeness (QED) is 0.231. The van der Waals surface area contributed by atoms with Crippen molar-refractivity contribution in [1.82, 2.24) is 24.7 Å². The summed E-state index contributed by atoms with van der Waals surface area (Å²) in [5, 5.41) is 10.2. The molecule has 0 aliphatic carbocycles. The molecule has 0 bridgehead atoms. The third-order valence-electron chi connectivity index (χ3n) is 9.29. The van der Waals surface area contributed by atoms with Gasteiger partial charge in [-0.15, -0.1) is 0 Å². The summed E-state index contributed by atoms with van der Waals surface area (Å²) >= 11 is 12.8.